The second-order valence-electron chi connectivity index (χ2n) is 11.3. The van der Waals surface area contributed by atoms with Crippen LogP contribution in [0.25, 0.3) is 33.5 Å². The molecular formula is C32H34F3N3O4. The van der Waals surface area contributed by atoms with Crippen molar-refractivity contribution in [2.45, 2.75) is 51.9 Å². The van der Waals surface area contributed by atoms with Crippen LogP contribution in [-0.2, 0) is 20.9 Å². The van der Waals surface area contributed by atoms with Crippen molar-refractivity contribution in [3.8, 4) is 22.5 Å². The van der Waals surface area contributed by atoms with Gasteiger partial charge in [-0.2, -0.15) is 13.2 Å². The summed E-state index contributed by atoms with van der Waals surface area (Å²) in [6.45, 7) is 8.41. The molecule has 0 saturated carbocycles. The summed E-state index contributed by atoms with van der Waals surface area (Å²) in [5.41, 5.74) is 6.26. The van der Waals surface area contributed by atoms with Crippen molar-refractivity contribution in [3.05, 3.63) is 78.4 Å². The number of ether oxygens (including phenoxy) is 1. The van der Waals surface area contributed by atoms with E-state index in [1.165, 1.54) is 11.1 Å². The predicted molar refractivity (Wildman–Crippen MR) is 155 cm³/mol. The Morgan fingerprint density at radius 2 is 1.64 bits per heavy atom. The third kappa shape index (κ3) is 8.42. The molecule has 0 radical (unpaired) electrons. The Labute approximate surface area is 242 Å². The third-order valence-electron chi connectivity index (χ3n) is 6.71. The molecule has 7 nitrogen and oxygen atoms in total. The van der Waals surface area contributed by atoms with Gasteiger partial charge in [-0.1, -0.05) is 54.6 Å². The molecule has 0 amide bonds. The van der Waals surface area contributed by atoms with Crippen LogP contribution in [0.1, 0.15) is 39.2 Å². The summed E-state index contributed by atoms with van der Waals surface area (Å²) in [7, 11) is 0. The first-order valence-corrected chi connectivity index (χ1v) is 13.7. The fourth-order valence-electron chi connectivity index (χ4n) is 4.77. The molecule has 1 unspecified atom stereocenters. The van der Waals surface area contributed by atoms with Gasteiger partial charge in [0.25, 0.3) is 0 Å². The number of nitrogens with zero attached hydrogens (tertiary/aromatic N) is 2. The number of rotatable bonds is 5. The molecule has 10 heteroatoms. The van der Waals surface area contributed by atoms with Crippen LogP contribution in [0.15, 0.2) is 72.8 Å². The Morgan fingerprint density at radius 3 is 2.29 bits per heavy atom. The van der Waals surface area contributed by atoms with Gasteiger partial charge in [0.1, 0.15) is 11.4 Å². The van der Waals surface area contributed by atoms with Crippen LogP contribution in [0.5, 0.6) is 0 Å². The van der Waals surface area contributed by atoms with Crippen LogP contribution in [0, 0.1) is 5.92 Å². The van der Waals surface area contributed by atoms with E-state index in [0.717, 1.165) is 60.5 Å². The molecule has 1 aliphatic rings. The number of carboxylic acid groups (broad SMARTS) is 1. The molecule has 4 aromatic rings. The van der Waals surface area contributed by atoms with Gasteiger partial charge in [0.2, 0.25) is 0 Å². The number of aliphatic carboxylic acids is 1. The van der Waals surface area contributed by atoms with Crippen LogP contribution in [0.3, 0.4) is 0 Å². The molecule has 222 valence electrons. The molecule has 1 aliphatic heterocycles. The molecular weight excluding hydrogens is 547 g/mol. The zero-order valence-electron chi connectivity index (χ0n) is 23.7. The summed E-state index contributed by atoms with van der Waals surface area (Å²) in [6.07, 6.45) is -3.15. The van der Waals surface area contributed by atoms with Crippen molar-refractivity contribution < 1.29 is 32.6 Å². The number of para-hydroxylation sites is 2. The number of halogens is 3. The lowest BCUT2D eigenvalue weighted by atomic mass is 9.97. The Hall–Kier alpha value is -4.18. The van der Waals surface area contributed by atoms with Crippen LogP contribution in [0.2, 0.25) is 0 Å². The Bertz CT molecular complexity index is 1490. The normalized spacial score (nSPS) is 16.0. The lowest BCUT2D eigenvalue weighted by Crippen LogP contribution is -2.40. The SMILES string of the molecule is CC(C)(C)OC(=O)C1CCCN(Cc2ccc(-c3cccc(-c4nc5ccccc5[nH]4)c3)cc2)C1.O=C(O)C(F)(F)F. The van der Waals surface area contributed by atoms with E-state index in [9.17, 15) is 18.0 Å². The minimum Gasteiger partial charge on any atom is -0.475 e. The largest absolute Gasteiger partial charge is 0.490 e. The van der Waals surface area contributed by atoms with E-state index in [-0.39, 0.29) is 11.9 Å². The number of aromatic nitrogens is 2. The number of H-pyrrole nitrogens is 1. The molecule has 0 aliphatic carbocycles. The number of carbonyl (C=O) groups is 2. The highest BCUT2D eigenvalue weighted by atomic mass is 19.4. The Morgan fingerprint density at radius 1 is 0.976 bits per heavy atom. The molecule has 0 spiro atoms. The zero-order chi connectivity index (χ0) is 30.5. The van der Waals surface area contributed by atoms with Crippen LogP contribution < -0.4 is 0 Å². The van der Waals surface area contributed by atoms with E-state index in [0.29, 0.717) is 0 Å². The molecule has 1 saturated heterocycles. The van der Waals surface area contributed by atoms with E-state index in [1.54, 1.807) is 0 Å². The molecule has 1 aromatic heterocycles. The van der Waals surface area contributed by atoms with Gasteiger partial charge in [0, 0.05) is 18.7 Å². The molecule has 3 aromatic carbocycles. The topological polar surface area (TPSA) is 95.5 Å². The fraction of sp³-hybridized carbons (Fsp3) is 0.344. The van der Waals surface area contributed by atoms with Gasteiger partial charge >= 0.3 is 18.1 Å². The summed E-state index contributed by atoms with van der Waals surface area (Å²) < 4.78 is 37.4. The van der Waals surface area contributed by atoms with Crippen molar-refractivity contribution in [1.29, 1.82) is 0 Å². The average molecular weight is 582 g/mol. The van der Waals surface area contributed by atoms with Crippen LogP contribution in [0.4, 0.5) is 13.2 Å². The number of likely N-dealkylation sites (tertiary alicyclic amines) is 1. The first-order valence-electron chi connectivity index (χ1n) is 13.7. The van der Waals surface area contributed by atoms with Crippen molar-refractivity contribution in [1.82, 2.24) is 14.9 Å². The second-order valence-corrected chi connectivity index (χ2v) is 11.3. The predicted octanol–water partition coefficient (Wildman–Crippen LogP) is 7.08. The molecule has 0 bridgehead atoms. The minimum atomic E-state index is -5.08. The number of nitrogens with one attached hydrogen (secondary N) is 1. The maximum Gasteiger partial charge on any atom is 0.490 e. The van der Waals surface area contributed by atoms with Gasteiger partial charge in [-0.25, -0.2) is 9.78 Å². The number of alkyl halides is 3. The number of hydrogen-bond acceptors (Lipinski definition) is 5. The number of imidazole rings is 1. The van der Waals surface area contributed by atoms with Gasteiger partial charge in [0.05, 0.1) is 17.0 Å². The van der Waals surface area contributed by atoms with Crippen molar-refractivity contribution in [2.75, 3.05) is 13.1 Å². The smallest absolute Gasteiger partial charge is 0.475 e. The maximum absolute atomic E-state index is 12.5. The van der Waals surface area contributed by atoms with Crippen molar-refractivity contribution >= 4 is 23.0 Å². The molecule has 2 N–H and O–H groups in total. The standard InChI is InChI=1S/C30H33N3O2.C2HF3O2/c1-30(2,3)35-29(34)25-10-7-17-33(20-25)19-21-13-15-22(16-14-21)23-8-6-9-24(18-23)28-31-26-11-4-5-12-27(26)32-28;3-2(4,5)1(6)7/h4-6,8-9,11-16,18,25H,7,10,17,19-20H2,1-3H3,(H,31,32);(H,6,7). The molecule has 5 rings (SSSR count). The average Bonchev–Trinajstić information content (AvgIpc) is 3.37. The highest BCUT2D eigenvalue weighted by molar-refractivity contribution is 5.80. The first kappa shape index (κ1) is 30.8. The zero-order valence-corrected chi connectivity index (χ0v) is 23.7. The Kier molecular flexibility index (Phi) is 9.36. The number of fused-ring (bicyclic) bond motifs is 1. The molecule has 2 heterocycles. The fourth-order valence-corrected chi connectivity index (χ4v) is 4.77. The summed E-state index contributed by atoms with van der Waals surface area (Å²) in [4.78, 5) is 32.0. The van der Waals surface area contributed by atoms with E-state index >= 15 is 0 Å². The minimum absolute atomic E-state index is 0.0387. The van der Waals surface area contributed by atoms with E-state index in [4.69, 9.17) is 19.6 Å². The van der Waals surface area contributed by atoms with Crippen molar-refractivity contribution in [3.63, 3.8) is 0 Å². The Balaban J connectivity index is 0.000000517. The first-order chi connectivity index (χ1) is 19.8. The lowest BCUT2D eigenvalue weighted by Gasteiger charge is -2.33. The highest BCUT2D eigenvalue weighted by Gasteiger charge is 2.38. The number of benzene rings is 3. The quantitative estimate of drug-likeness (QED) is 0.245. The second kappa shape index (κ2) is 12.8. The van der Waals surface area contributed by atoms with E-state index < -0.39 is 17.7 Å². The van der Waals surface area contributed by atoms with Gasteiger partial charge in [-0.15, -0.1) is 0 Å². The van der Waals surface area contributed by atoms with Gasteiger partial charge in [-0.3, -0.25) is 9.69 Å². The highest BCUT2D eigenvalue weighted by Crippen LogP contribution is 2.28. The van der Waals surface area contributed by atoms with Gasteiger partial charge < -0.3 is 14.8 Å². The number of hydrogen-bond donors (Lipinski definition) is 2. The molecule has 1 fully saturated rings. The number of carboxylic acids is 1. The third-order valence-corrected chi connectivity index (χ3v) is 6.71. The summed E-state index contributed by atoms with van der Waals surface area (Å²) in [5, 5.41) is 7.12. The number of piperidine rings is 1. The molecule has 42 heavy (non-hydrogen) atoms. The molecule has 1 atom stereocenters. The van der Waals surface area contributed by atoms with Crippen LogP contribution >= 0.6 is 0 Å². The summed E-state index contributed by atoms with van der Waals surface area (Å²) >= 11 is 0. The van der Waals surface area contributed by atoms with Gasteiger partial charge in [0.15, 0.2) is 0 Å². The number of esters is 1. The maximum atomic E-state index is 12.5. The van der Waals surface area contributed by atoms with E-state index in [1.807, 2.05) is 45.0 Å². The van der Waals surface area contributed by atoms with Crippen LogP contribution in [-0.4, -0.2) is 56.8 Å². The summed E-state index contributed by atoms with van der Waals surface area (Å²) in [6, 6.07) is 25.3. The monoisotopic (exact) mass is 581 g/mol. The van der Waals surface area contributed by atoms with Gasteiger partial charge in [-0.05, 0) is 75.0 Å². The number of aromatic amines is 1. The number of carbonyl (C=O) groups excluding carboxylic acids is 1. The van der Waals surface area contributed by atoms with Crippen molar-refractivity contribution in [2.24, 2.45) is 5.92 Å². The summed E-state index contributed by atoms with van der Waals surface area (Å²) in [5.74, 6) is -1.98. The van der Waals surface area contributed by atoms with E-state index in [2.05, 4.69) is 58.4 Å². The lowest BCUT2D eigenvalue weighted by molar-refractivity contribution is -0.192.